The van der Waals surface area contributed by atoms with Gasteiger partial charge in [0.25, 0.3) is 0 Å². The van der Waals surface area contributed by atoms with Crippen LogP contribution >= 0.6 is 0 Å². The molecular weight excluding hydrogens is 236 g/mol. The maximum Gasteiger partial charge on any atom is 0.515 e. The molecular formula is C11H26N2O3Si. The first kappa shape index (κ1) is 15.1. The van der Waals surface area contributed by atoms with Crippen molar-refractivity contribution in [1.29, 1.82) is 0 Å². The molecule has 0 saturated carbocycles. The van der Waals surface area contributed by atoms with Gasteiger partial charge in [0, 0.05) is 33.0 Å². The molecule has 17 heavy (non-hydrogen) atoms. The fraction of sp³-hybridized carbons (Fsp3) is 1.00. The van der Waals surface area contributed by atoms with Crippen LogP contribution in [-0.2, 0) is 13.3 Å². The van der Waals surface area contributed by atoms with E-state index < -0.39 is 8.80 Å². The van der Waals surface area contributed by atoms with Crippen molar-refractivity contribution in [3.8, 4) is 0 Å². The Hall–Kier alpha value is 0.0169. The molecule has 1 aliphatic heterocycles. The third kappa shape index (κ3) is 5.03. The van der Waals surface area contributed by atoms with Crippen LogP contribution in [0.2, 0.25) is 0 Å². The van der Waals surface area contributed by atoms with Crippen LogP contribution < -0.4 is 5.32 Å². The summed E-state index contributed by atoms with van der Waals surface area (Å²) in [6.07, 6.45) is 1.96. The zero-order valence-electron chi connectivity index (χ0n) is 11.3. The van der Waals surface area contributed by atoms with Crippen molar-refractivity contribution in [2.45, 2.75) is 27.2 Å². The lowest BCUT2D eigenvalue weighted by Gasteiger charge is -2.35. The second-order valence-corrected chi connectivity index (χ2v) is 6.59. The Morgan fingerprint density at radius 2 is 1.65 bits per heavy atom. The van der Waals surface area contributed by atoms with Crippen LogP contribution in [0.4, 0.5) is 0 Å². The normalized spacial score (nSPS) is 18.5. The van der Waals surface area contributed by atoms with E-state index in [2.05, 4.69) is 10.2 Å². The minimum atomic E-state index is -2.50. The molecule has 1 rings (SSSR count). The number of nitrogens with zero attached hydrogens (tertiary/aromatic N) is 1. The minimum absolute atomic E-state index is 0.646. The zero-order valence-corrected chi connectivity index (χ0v) is 12.3. The van der Waals surface area contributed by atoms with Crippen LogP contribution in [0.5, 0.6) is 0 Å². The molecule has 0 amide bonds. The van der Waals surface area contributed by atoms with Crippen LogP contribution in [0.3, 0.4) is 0 Å². The average Bonchev–Trinajstić information content (AvgIpc) is 2.31. The molecule has 0 bridgehead atoms. The molecule has 0 spiro atoms. The van der Waals surface area contributed by atoms with Crippen molar-refractivity contribution < 1.29 is 13.3 Å². The van der Waals surface area contributed by atoms with E-state index in [9.17, 15) is 0 Å². The smallest absolute Gasteiger partial charge is 0.373 e. The molecule has 1 N–H and O–H groups in total. The van der Waals surface area contributed by atoms with Gasteiger partial charge in [-0.1, -0.05) is 0 Å². The lowest BCUT2D eigenvalue weighted by molar-refractivity contribution is 0.0531. The molecule has 1 saturated heterocycles. The highest BCUT2D eigenvalue weighted by Crippen LogP contribution is 2.13. The Balaban J connectivity index is 2.57. The highest BCUT2D eigenvalue weighted by molar-refractivity contribution is 6.60. The zero-order chi connectivity index (χ0) is 12.6. The van der Waals surface area contributed by atoms with Gasteiger partial charge in [0.2, 0.25) is 0 Å². The molecule has 1 heterocycles. The summed E-state index contributed by atoms with van der Waals surface area (Å²) in [5, 5.41) is 3.37. The summed E-state index contributed by atoms with van der Waals surface area (Å²) in [7, 11) is -2.50. The Morgan fingerprint density at radius 3 is 2.06 bits per heavy atom. The number of hydrogen-bond donors (Lipinski definition) is 1. The molecule has 1 aliphatic rings. The first-order chi connectivity index (χ1) is 8.26. The van der Waals surface area contributed by atoms with Gasteiger partial charge in [-0.2, -0.15) is 0 Å². The standard InChI is InChI=1S/C11H26N2O3Si/c1-4-14-17(15-5-2,16-6-3)11-13-9-7-8-12-10-13/h12H,4-11H2,1-3H3. The van der Waals surface area contributed by atoms with E-state index in [0.29, 0.717) is 19.8 Å². The van der Waals surface area contributed by atoms with E-state index >= 15 is 0 Å². The van der Waals surface area contributed by atoms with Crippen LogP contribution in [0.1, 0.15) is 27.2 Å². The van der Waals surface area contributed by atoms with Crippen molar-refractivity contribution in [2.24, 2.45) is 0 Å². The number of hydrogen-bond acceptors (Lipinski definition) is 5. The summed E-state index contributed by atoms with van der Waals surface area (Å²) in [5.41, 5.74) is 0. The van der Waals surface area contributed by atoms with E-state index in [4.69, 9.17) is 13.3 Å². The van der Waals surface area contributed by atoms with Crippen LogP contribution in [0, 0.1) is 0 Å². The van der Waals surface area contributed by atoms with Gasteiger partial charge in [-0.25, -0.2) is 0 Å². The Bertz CT molecular complexity index is 184. The molecule has 5 nitrogen and oxygen atoms in total. The minimum Gasteiger partial charge on any atom is -0.373 e. The monoisotopic (exact) mass is 262 g/mol. The fourth-order valence-electron chi connectivity index (χ4n) is 2.07. The lowest BCUT2D eigenvalue weighted by Crippen LogP contribution is -2.58. The van der Waals surface area contributed by atoms with Crippen molar-refractivity contribution in [1.82, 2.24) is 10.2 Å². The van der Waals surface area contributed by atoms with Gasteiger partial charge < -0.3 is 18.6 Å². The molecule has 0 radical (unpaired) electrons. The highest BCUT2D eigenvalue weighted by Gasteiger charge is 2.42. The van der Waals surface area contributed by atoms with Crippen molar-refractivity contribution in [2.75, 3.05) is 45.7 Å². The van der Waals surface area contributed by atoms with Gasteiger partial charge in [0.1, 0.15) is 0 Å². The van der Waals surface area contributed by atoms with Crippen LogP contribution in [0.15, 0.2) is 0 Å². The Morgan fingerprint density at radius 1 is 1.06 bits per heavy atom. The van der Waals surface area contributed by atoms with E-state index in [1.807, 2.05) is 20.8 Å². The van der Waals surface area contributed by atoms with Crippen molar-refractivity contribution >= 4 is 8.80 Å². The third-order valence-corrected chi connectivity index (χ3v) is 5.69. The molecule has 0 aliphatic carbocycles. The largest absolute Gasteiger partial charge is 0.515 e. The van der Waals surface area contributed by atoms with Gasteiger partial charge >= 0.3 is 8.80 Å². The second kappa shape index (κ2) is 8.18. The average molecular weight is 262 g/mol. The fourth-order valence-corrected chi connectivity index (χ4v) is 4.74. The highest BCUT2D eigenvalue weighted by atomic mass is 28.4. The predicted octanol–water partition coefficient (Wildman–Crippen LogP) is 0.827. The summed E-state index contributed by atoms with van der Waals surface area (Å²) >= 11 is 0. The maximum atomic E-state index is 5.84. The Labute approximate surface area is 106 Å². The maximum absolute atomic E-state index is 5.84. The van der Waals surface area contributed by atoms with Crippen molar-refractivity contribution in [3.63, 3.8) is 0 Å². The quantitative estimate of drug-likeness (QED) is 0.656. The predicted molar refractivity (Wildman–Crippen MR) is 69.7 cm³/mol. The summed E-state index contributed by atoms with van der Waals surface area (Å²) in [6, 6.07) is 0. The van der Waals surface area contributed by atoms with Gasteiger partial charge in [-0.15, -0.1) is 0 Å². The molecule has 0 atom stereocenters. The van der Waals surface area contributed by atoms with Gasteiger partial charge in [-0.3, -0.25) is 4.90 Å². The molecule has 6 heteroatoms. The van der Waals surface area contributed by atoms with Gasteiger partial charge in [0.15, 0.2) is 0 Å². The summed E-state index contributed by atoms with van der Waals surface area (Å²) in [5.74, 6) is 0. The first-order valence-corrected chi connectivity index (χ1v) is 8.54. The molecule has 0 aromatic rings. The SMILES string of the molecule is CCO[Si](CN1CCCNC1)(OCC)OCC. The molecule has 1 fully saturated rings. The Kier molecular flexibility index (Phi) is 7.25. The summed E-state index contributed by atoms with van der Waals surface area (Å²) < 4.78 is 17.5. The lowest BCUT2D eigenvalue weighted by atomic mass is 10.3. The summed E-state index contributed by atoms with van der Waals surface area (Å²) in [6.45, 7) is 11.0. The van der Waals surface area contributed by atoms with Crippen LogP contribution in [0.25, 0.3) is 0 Å². The van der Waals surface area contributed by atoms with Crippen molar-refractivity contribution in [3.05, 3.63) is 0 Å². The number of rotatable bonds is 8. The second-order valence-electron chi connectivity index (χ2n) is 4.05. The van der Waals surface area contributed by atoms with E-state index in [-0.39, 0.29) is 0 Å². The van der Waals surface area contributed by atoms with E-state index in [0.717, 1.165) is 25.9 Å². The molecule has 0 aromatic heterocycles. The van der Waals surface area contributed by atoms with E-state index in [1.54, 1.807) is 0 Å². The third-order valence-electron chi connectivity index (χ3n) is 2.67. The summed E-state index contributed by atoms with van der Waals surface area (Å²) in [4.78, 5) is 2.33. The topological polar surface area (TPSA) is 43.0 Å². The van der Waals surface area contributed by atoms with E-state index in [1.165, 1.54) is 6.42 Å². The molecule has 102 valence electrons. The van der Waals surface area contributed by atoms with Gasteiger partial charge in [-0.05, 0) is 33.7 Å². The number of nitrogens with one attached hydrogen (secondary N) is 1. The molecule has 0 aromatic carbocycles. The van der Waals surface area contributed by atoms with Crippen LogP contribution in [-0.4, -0.2) is 59.5 Å². The van der Waals surface area contributed by atoms with Gasteiger partial charge in [0.05, 0.1) is 6.17 Å². The first-order valence-electron chi connectivity index (χ1n) is 6.61. The molecule has 0 unspecified atom stereocenters.